The van der Waals surface area contributed by atoms with Gasteiger partial charge in [-0.05, 0) is 55.7 Å². The predicted octanol–water partition coefficient (Wildman–Crippen LogP) is 4.26. The van der Waals surface area contributed by atoms with Crippen molar-refractivity contribution in [2.75, 3.05) is 18.5 Å². The fourth-order valence-corrected chi connectivity index (χ4v) is 4.89. The van der Waals surface area contributed by atoms with E-state index in [-0.39, 0.29) is 23.4 Å². The van der Waals surface area contributed by atoms with Crippen LogP contribution < -0.4 is 4.90 Å². The molecule has 0 fully saturated rings. The van der Waals surface area contributed by atoms with Crippen LogP contribution in [-0.2, 0) is 14.8 Å². The van der Waals surface area contributed by atoms with Gasteiger partial charge in [0.2, 0.25) is 15.9 Å². The Morgan fingerprint density at radius 3 is 2.40 bits per heavy atom. The molecule has 7 heteroatoms. The highest BCUT2D eigenvalue weighted by molar-refractivity contribution is 7.89. The molecule has 0 spiro atoms. The van der Waals surface area contributed by atoms with Crippen LogP contribution in [0.3, 0.4) is 0 Å². The fourth-order valence-electron chi connectivity index (χ4n) is 3.75. The molecule has 0 saturated carbocycles. The van der Waals surface area contributed by atoms with Gasteiger partial charge >= 0.3 is 0 Å². The van der Waals surface area contributed by atoms with E-state index in [1.165, 1.54) is 19.2 Å². The van der Waals surface area contributed by atoms with Gasteiger partial charge in [-0.15, -0.1) is 0 Å². The standard InChI is InChI=1S/C23H29N3O3S/c1-17(2)14-18(3)26(20-10-11-22-19(15-20)12-13-24-22)23(27)16-25(4)30(28,29)21-8-6-5-7-9-21/h5-13,15,17-18,24H,14,16H2,1-4H3. The van der Waals surface area contributed by atoms with Crippen molar-refractivity contribution in [3.63, 3.8) is 0 Å². The number of nitrogens with zero attached hydrogens (tertiary/aromatic N) is 2. The summed E-state index contributed by atoms with van der Waals surface area (Å²) < 4.78 is 26.9. The Balaban J connectivity index is 1.89. The Kier molecular flexibility index (Phi) is 6.63. The first-order chi connectivity index (χ1) is 14.2. The molecular weight excluding hydrogens is 398 g/mol. The van der Waals surface area contributed by atoms with Gasteiger partial charge in [0.15, 0.2) is 0 Å². The summed E-state index contributed by atoms with van der Waals surface area (Å²) in [6.07, 6.45) is 2.67. The molecule has 30 heavy (non-hydrogen) atoms. The van der Waals surface area contributed by atoms with Crippen LogP contribution in [0, 0.1) is 5.92 Å². The van der Waals surface area contributed by atoms with Gasteiger partial charge in [-0.3, -0.25) is 4.79 Å². The lowest BCUT2D eigenvalue weighted by atomic mass is 10.0. The maximum Gasteiger partial charge on any atom is 0.243 e. The number of aromatic amines is 1. The van der Waals surface area contributed by atoms with Crippen LogP contribution in [0.2, 0.25) is 0 Å². The normalized spacial score (nSPS) is 13.1. The van der Waals surface area contributed by atoms with E-state index in [2.05, 4.69) is 18.8 Å². The number of carbonyl (C=O) groups is 1. The van der Waals surface area contributed by atoms with Gasteiger partial charge < -0.3 is 9.88 Å². The van der Waals surface area contributed by atoms with E-state index in [1.807, 2.05) is 37.4 Å². The van der Waals surface area contributed by atoms with Gasteiger partial charge in [-0.25, -0.2) is 8.42 Å². The number of benzene rings is 2. The lowest BCUT2D eigenvalue weighted by Crippen LogP contribution is -2.45. The van der Waals surface area contributed by atoms with E-state index in [4.69, 9.17) is 0 Å². The maximum absolute atomic E-state index is 13.3. The van der Waals surface area contributed by atoms with E-state index in [0.717, 1.165) is 27.3 Å². The van der Waals surface area contributed by atoms with Gasteiger partial charge in [-0.1, -0.05) is 32.0 Å². The zero-order valence-corrected chi connectivity index (χ0v) is 18.7. The number of fused-ring (bicyclic) bond motifs is 1. The highest BCUT2D eigenvalue weighted by atomic mass is 32.2. The van der Waals surface area contributed by atoms with Crippen molar-refractivity contribution >= 4 is 32.5 Å². The Labute approximate surface area is 178 Å². The third-order valence-corrected chi connectivity index (χ3v) is 6.96. The zero-order valence-electron chi connectivity index (χ0n) is 17.9. The minimum atomic E-state index is -3.74. The van der Waals surface area contributed by atoms with Crippen molar-refractivity contribution in [2.45, 2.75) is 38.1 Å². The second kappa shape index (κ2) is 9.02. The first-order valence-electron chi connectivity index (χ1n) is 10.1. The molecule has 0 aliphatic rings. The van der Waals surface area contributed by atoms with Crippen LogP contribution in [-0.4, -0.2) is 43.2 Å². The molecule has 0 aliphatic carbocycles. The second-order valence-corrected chi connectivity index (χ2v) is 10.1. The minimum absolute atomic E-state index is 0.0679. The molecule has 0 bridgehead atoms. The number of rotatable bonds is 8. The van der Waals surface area contributed by atoms with Crippen molar-refractivity contribution in [3.05, 3.63) is 60.8 Å². The number of H-pyrrole nitrogens is 1. The number of nitrogens with one attached hydrogen (secondary N) is 1. The van der Waals surface area contributed by atoms with Crippen LogP contribution in [0.1, 0.15) is 27.2 Å². The average Bonchev–Trinajstić information content (AvgIpc) is 3.16. The third kappa shape index (κ3) is 4.74. The van der Waals surface area contributed by atoms with Crippen LogP contribution in [0.15, 0.2) is 65.7 Å². The topological polar surface area (TPSA) is 73.5 Å². The van der Waals surface area contributed by atoms with Gasteiger partial charge in [0.1, 0.15) is 0 Å². The number of anilines is 1. The predicted molar refractivity (Wildman–Crippen MR) is 121 cm³/mol. The quantitative estimate of drug-likeness (QED) is 0.584. The minimum Gasteiger partial charge on any atom is -0.361 e. The zero-order chi connectivity index (χ0) is 21.9. The molecule has 1 aromatic heterocycles. The summed E-state index contributed by atoms with van der Waals surface area (Å²) in [5.41, 5.74) is 1.76. The molecule has 160 valence electrons. The molecule has 1 N–H and O–H groups in total. The number of aromatic nitrogens is 1. The average molecular weight is 428 g/mol. The maximum atomic E-state index is 13.3. The van der Waals surface area contributed by atoms with Crippen molar-refractivity contribution in [3.8, 4) is 0 Å². The number of amides is 1. The summed E-state index contributed by atoms with van der Waals surface area (Å²) in [6.45, 7) is 6.00. The van der Waals surface area contributed by atoms with Crippen molar-refractivity contribution in [1.82, 2.24) is 9.29 Å². The number of sulfonamides is 1. The molecule has 1 atom stereocenters. The Bertz CT molecular complexity index is 1110. The smallest absolute Gasteiger partial charge is 0.243 e. The van der Waals surface area contributed by atoms with Crippen LogP contribution in [0.4, 0.5) is 5.69 Å². The monoisotopic (exact) mass is 427 g/mol. The molecule has 0 aliphatic heterocycles. The third-order valence-electron chi connectivity index (χ3n) is 5.15. The fraction of sp³-hybridized carbons (Fsp3) is 0.348. The van der Waals surface area contributed by atoms with Crippen molar-refractivity contribution < 1.29 is 13.2 Å². The molecule has 3 aromatic rings. The SMILES string of the molecule is CC(C)CC(C)N(C(=O)CN(C)S(=O)(=O)c1ccccc1)c1ccc2[nH]ccc2c1. The summed E-state index contributed by atoms with van der Waals surface area (Å²) in [6, 6.07) is 15.9. The first kappa shape index (κ1) is 22.1. The largest absolute Gasteiger partial charge is 0.361 e. The molecule has 1 unspecified atom stereocenters. The molecule has 0 saturated heterocycles. The lowest BCUT2D eigenvalue weighted by molar-refractivity contribution is -0.119. The van der Waals surface area contributed by atoms with Gasteiger partial charge in [0.25, 0.3) is 0 Å². The van der Waals surface area contributed by atoms with Gasteiger partial charge in [-0.2, -0.15) is 4.31 Å². The van der Waals surface area contributed by atoms with Gasteiger partial charge in [0, 0.05) is 35.9 Å². The molecule has 0 radical (unpaired) electrons. The highest BCUT2D eigenvalue weighted by Crippen LogP contribution is 2.26. The Morgan fingerprint density at radius 1 is 1.03 bits per heavy atom. The molecule has 1 heterocycles. The summed E-state index contributed by atoms with van der Waals surface area (Å²) in [5.74, 6) is 0.150. The number of hydrogen-bond donors (Lipinski definition) is 1. The van der Waals surface area contributed by atoms with Gasteiger partial charge in [0.05, 0.1) is 11.4 Å². The Morgan fingerprint density at radius 2 is 1.73 bits per heavy atom. The van der Waals surface area contributed by atoms with Crippen LogP contribution in [0.25, 0.3) is 10.9 Å². The summed E-state index contributed by atoms with van der Waals surface area (Å²) in [4.78, 5) is 18.4. The molecule has 2 aromatic carbocycles. The summed E-state index contributed by atoms with van der Waals surface area (Å²) in [7, 11) is -2.30. The number of hydrogen-bond acceptors (Lipinski definition) is 3. The van der Waals surface area contributed by atoms with E-state index in [0.29, 0.717) is 5.92 Å². The highest BCUT2D eigenvalue weighted by Gasteiger charge is 2.28. The first-order valence-corrected chi connectivity index (χ1v) is 11.5. The van der Waals surface area contributed by atoms with E-state index >= 15 is 0 Å². The van der Waals surface area contributed by atoms with Crippen LogP contribution in [0.5, 0.6) is 0 Å². The van der Waals surface area contributed by atoms with Crippen molar-refractivity contribution in [1.29, 1.82) is 0 Å². The lowest BCUT2D eigenvalue weighted by Gasteiger charge is -2.32. The summed E-state index contributed by atoms with van der Waals surface area (Å²) in [5, 5.41) is 1.01. The molecular formula is C23H29N3O3S. The number of carbonyl (C=O) groups excluding carboxylic acids is 1. The van der Waals surface area contributed by atoms with E-state index in [1.54, 1.807) is 23.1 Å². The number of likely N-dealkylation sites (N-methyl/N-ethyl adjacent to an activating group) is 1. The second-order valence-electron chi connectivity index (χ2n) is 8.07. The van der Waals surface area contributed by atoms with E-state index in [9.17, 15) is 13.2 Å². The molecule has 6 nitrogen and oxygen atoms in total. The molecule has 3 rings (SSSR count). The summed E-state index contributed by atoms with van der Waals surface area (Å²) >= 11 is 0. The van der Waals surface area contributed by atoms with E-state index < -0.39 is 10.0 Å². The van der Waals surface area contributed by atoms with Crippen LogP contribution >= 0.6 is 0 Å². The molecule has 1 amide bonds. The Hall–Kier alpha value is -2.64. The van der Waals surface area contributed by atoms with Crippen molar-refractivity contribution in [2.24, 2.45) is 5.92 Å².